The van der Waals surface area contributed by atoms with Gasteiger partial charge in [-0.25, -0.2) is 8.78 Å². The van der Waals surface area contributed by atoms with Crippen LogP contribution in [0.25, 0.3) is 0 Å². The lowest BCUT2D eigenvalue weighted by atomic mass is 9.84. The molecule has 2 rings (SSSR count). The quantitative estimate of drug-likeness (QED) is 0.883. The molecule has 2 aromatic rings. The molecule has 0 bridgehead atoms. The summed E-state index contributed by atoms with van der Waals surface area (Å²) in [5.74, 6) is -1.01. The molecule has 1 nitrogen and oxygen atoms in total. The third-order valence-electron chi connectivity index (χ3n) is 3.49. The fourth-order valence-electron chi connectivity index (χ4n) is 2.24. The average Bonchev–Trinajstić information content (AvgIpc) is 2.43. The van der Waals surface area contributed by atoms with Crippen LogP contribution < -0.4 is 0 Å². The first-order valence-corrected chi connectivity index (χ1v) is 6.76. The molecule has 0 spiro atoms. The van der Waals surface area contributed by atoms with Gasteiger partial charge in [0.15, 0.2) is 0 Å². The molecule has 0 aliphatic heterocycles. The maximum absolute atomic E-state index is 13.9. The Morgan fingerprint density at radius 3 is 2.30 bits per heavy atom. The molecular weight excluding hydrogens is 282 g/mol. The fourth-order valence-corrected chi connectivity index (χ4v) is 2.47. The number of rotatable bonds is 4. The lowest BCUT2D eigenvalue weighted by molar-refractivity contribution is 0.0283. The van der Waals surface area contributed by atoms with Crippen LogP contribution in [0.2, 0.25) is 5.02 Å². The van der Waals surface area contributed by atoms with Crippen LogP contribution in [0.1, 0.15) is 24.5 Å². The van der Waals surface area contributed by atoms with Crippen molar-refractivity contribution in [1.82, 2.24) is 0 Å². The monoisotopic (exact) mass is 296 g/mol. The third kappa shape index (κ3) is 2.84. The van der Waals surface area contributed by atoms with E-state index in [0.717, 1.165) is 0 Å². The van der Waals surface area contributed by atoms with Crippen LogP contribution in [0.5, 0.6) is 0 Å². The minimum Gasteiger partial charge on any atom is -0.385 e. The first kappa shape index (κ1) is 14.9. The van der Waals surface area contributed by atoms with Crippen LogP contribution in [-0.2, 0) is 12.0 Å². The van der Waals surface area contributed by atoms with Gasteiger partial charge in [0.25, 0.3) is 0 Å². The molecule has 0 amide bonds. The molecule has 0 aliphatic carbocycles. The van der Waals surface area contributed by atoms with Crippen molar-refractivity contribution in [3.63, 3.8) is 0 Å². The van der Waals surface area contributed by atoms with E-state index in [1.54, 1.807) is 25.1 Å². The number of aliphatic hydroxyl groups is 1. The van der Waals surface area contributed by atoms with E-state index in [-0.39, 0.29) is 29.0 Å². The van der Waals surface area contributed by atoms with Gasteiger partial charge in [-0.2, -0.15) is 0 Å². The molecule has 106 valence electrons. The molecule has 0 fully saturated rings. The molecule has 0 saturated heterocycles. The van der Waals surface area contributed by atoms with Crippen LogP contribution in [0.4, 0.5) is 8.78 Å². The number of hydrogen-bond acceptors (Lipinski definition) is 1. The van der Waals surface area contributed by atoms with Crippen LogP contribution >= 0.6 is 11.6 Å². The second-order valence-electron chi connectivity index (χ2n) is 4.74. The topological polar surface area (TPSA) is 20.2 Å². The maximum atomic E-state index is 13.9. The summed E-state index contributed by atoms with van der Waals surface area (Å²) in [6.45, 7) is 1.72. The molecule has 0 aromatic heterocycles. The summed E-state index contributed by atoms with van der Waals surface area (Å²) >= 11 is 5.97. The van der Waals surface area contributed by atoms with Crippen molar-refractivity contribution < 1.29 is 13.9 Å². The average molecular weight is 297 g/mol. The number of hydrogen-bond donors (Lipinski definition) is 1. The first-order valence-electron chi connectivity index (χ1n) is 6.38. The van der Waals surface area contributed by atoms with Crippen molar-refractivity contribution in [2.75, 3.05) is 0 Å². The highest BCUT2D eigenvalue weighted by molar-refractivity contribution is 6.31. The van der Waals surface area contributed by atoms with Crippen LogP contribution in [-0.4, -0.2) is 5.11 Å². The van der Waals surface area contributed by atoms with Crippen molar-refractivity contribution in [1.29, 1.82) is 0 Å². The van der Waals surface area contributed by atoms with Crippen LogP contribution in [0, 0.1) is 11.6 Å². The van der Waals surface area contributed by atoms with Gasteiger partial charge in [0.05, 0.1) is 5.60 Å². The normalized spacial score (nSPS) is 14.1. The lowest BCUT2D eigenvalue weighted by Gasteiger charge is -2.28. The largest absolute Gasteiger partial charge is 0.385 e. The molecular formula is C16H15ClF2O. The Morgan fingerprint density at radius 2 is 1.70 bits per heavy atom. The molecule has 1 atom stereocenters. The van der Waals surface area contributed by atoms with Gasteiger partial charge in [-0.1, -0.05) is 42.8 Å². The van der Waals surface area contributed by atoms with Gasteiger partial charge >= 0.3 is 0 Å². The lowest BCUT2D eigenvalue weighted by Crippen LogP contribution is -2.29. The van der Waals surface area contributed by atoms with Gasteiger partial charge in [0.2, 0.25) is 0 Å². The third-order valence-corrected chi connectivity index (χ3v) is 3.85. The van der Waals surface area contributed by atoms with E-state index in [4.69, 9.17) is 11.6 Å². The fraction of sp³-hybridized carbons (Fsp3) is 0.250. The van der Waals surface area contributed by atoms with E-state index in [9.17, 15) is 13.9 Å². The minimum absolute atomic E-state index is 0.0735. The summed E-state index contributed by atoms with van der Waals surface area (Å²) < 4.78 is 27.7. The highest BCUT2D eigenvalue weighted by Gasteiger charge is 2.32. The van der Waals surface area contributed by atoms with E-state index in [1.807, 2.05) is 0 Å². The smallest absolute Gasteiger partial charge is 0.129 e. The molecule has 0 aliphatic rings. The minimum atomic E-state index is -1.49. The van der Waals surface area contributed by atoms with E-state index in [0.29, 0.717) is 0 Å². The molecule has 2 aromatic carbocycles. The van der Waals surface area contributed by atoms with Crippen molar-refractivity contribution in [3.05, 3.63) is 70.2 Å². The number of benzene rings is 2. The highest BCUT2D eigenvalue weighted by atomic mass is 35.5. The van der Waals surface area contributed by atoms with Gasteiger partial charge in [0.1, 0.15) is 11.6 Å². The maximum Gasteiger partial charge on any atom is 0.129 e. The molecule has 1 N–H and O–H groups in total. The molecule has 0 saturated carbocycles. The summed E-state index contributed by atoms with van der Waals surface area (Å²) in [6, 6.07) is 10.3. The second-order valence-corrected chi connectivity index (χ2v) is 5.15. The summed E-state index contributed by atoms with van der Waals surface area (Å²) in [6.07, 6.45) is 0.175. The Kier molecular flexibility index (Phi) is 4.41. The molecule has 1 unspecified atom stereocenters. The van der Waals surface area contributed by atoms with Gasteiger partial charge in [-0.3, -0.25) is 0 Å². The van der Waals surface area contributed by atoms with Crippen molar-refractivity contribution in [3.8, 4) is 0 Å². The van der Waals surface area contributed by atoms with Crippen molar-refractivity contribution >= 4 is 11.6 Å². The predicted octanol–water partition coefficient (Wildman–Crippen LogP) is 4.46. The molecule has 4 heteroatoms. The standard InChI is InChI=1S/C16H15ClF2O/c1-2-16(20,12-6-3-4-8-15(12)19)10-11-13(17)7-5-9-14(11)18/h3-9,20H,2,10H2,1H3. The van der Waals surface area contributed by atoms with E-state index >= 15 is 0 Å². The van der Waals surface area contributed by atoms with Gasteiger partial charge in [0, 0.05) is 22.6 Å². The number of halogens is 3. The Morgan fingerprint density at radius 1 is 1.05 bits per heavy atom. The van der Waals surface area contributed by atoms with E-state index in [1.165, 1.54) is 24.3 Å². The second kappa shape index (κ2) is 5.90. The zero-order valence-electron chi connectivity index (χ0n) is 11.0. The summed E-state index contributed by atoms with van der Waals surface area (Å²) in [5.41, 5.74) is -1.14. The Hall–Kier alpha value is -1.45. The van der Waals surface area contributed by atoms with Gasteiger partial charge < -0.3 is 5.11 Å². The molecule has 0 radical (unpaired) electrons. The zero-order chi connectivity index (χ0) is 14.8. The molecule has 20 heavy (non-hydrogen) atoms. The Balaban J connectivity index is 2.45. The Bertz CT molecular complexity index is 595. The predicted molar refractivity (Wildman–Crippen MR) is 75.7 cm³/mol. The van der Waals surface area contributed by atoms with E-state index < -0.39 is 17.2 Å². The van der Waals surface area contributed by atoms with Gasteiger partial charge in [-0.15, -0.1) is 0 Å². The zero-order valence-corrected chi connectivity index (χ0v) is 11.8. The van der Waals surface area contributed by atoms with Crippen molar-refractivity contribution in [2.24, 2.45) is 0 Å². The summed E-state index contributed by atoms with van der Waals surface area (Å²) in [7, 11) is 0. The van der Waals surface area contributed by atoms with Gasteiger partial charge in [-0.05, 0) is 24.6 Å². The van der Waals surface area contributed by atoms with E-state index in [2.05, 4.69) is 0 Å². The first-order chi connectivity index (χ1) is 9.48. The van der Waals surface area contributed by atoms with Crippen LogP contribution in [0.3, 0.4) is 0 Å². The van der Waals surface area contributed by atoms with Crippen LogP contribution in [0.15, 0.2) is 42.5 Å². The Labute approximate surface area is 121 Å². The summed E-state index contributed by atoms with van der Waals surface area (Å²) in [5, 5.41) is 10.9. The SMILES string of the molecule is CCC(O)(Cc1c(F)cccc1Cl)c1ccccc1F. The van der Waals surface area contributed by atoms with Crippen molar-refractivity contribution in [2.45, 2.75) is 25.4 Å². The highest BCUT2D eigenvalue weighted by Crippen LogP contribution is 2.34. The summed E-state index contributed by atoms with van der Waals surface area (Å²) in [4.78, 5) is 0. The molecule has 0 heterocycles.